The van der Waals surface area contributed by atoms with Gasteiger partial charge in [0.15, 0.2) is 12.0 Å². The van der Waals surface area contributed by atoms with E-state index >= 15 is 0 Å². The Morgan fingerprint density at radius 3 is 2.50 bits per heavy atom. The highest BCUT2D eigenvalue weighted by atomic mass is 16.5. The number of carbonyl (C=O) groups excluding carboxylic acids is 1. The number of benzene rings is 1. The number of hydrogen-bond acceptors (Lipinski definition) is 8. The molecule has 0 spiro atoms. The van der Waals surface area contributed by atoms with E-state index in [4.69, 9.17) is 14.6 Å². The zero-order valence-corrected chi connectivity index (χ0v) is 21.7. The summed E-state index contributed by atoms with van der Waals surface area (Å²) in [6.07, 6.45) is 4.18. The number of hydrogen-bond donors (Lipinski definition) is 1. The van der Waals surface area contributed by atoms with Crippen LogP contribution in [0.15, 0.2) is 41.5 Å². The molecule has 1 aromatic carbocycles. The molecule has 0 aliphatic rings. The molecule has 2 aromatic heterocycles. The van der Waals surface area contributed by atoms with E-state index in [0.29, 0.717) is 24.2 Å². The molecule has 0 radical (unpaired) electrons. The highest BCUT2D eigenvalue weighted by Gasteiger charge is 2.31. The summed E-state index contributed by atoms with van der Waals surface area (Å²) in [5, 5.41) is 21.3. The number of ether oxygens (including phenoxy) is 2. The van der Waals surface area contributed by atoms with E-state index in [1.54, 1.807) is 37.2 Å². The number of nitriles is 1. The predicted molar refractivity (Wildman–Crippen MR) is 134 cm³/mol. The molecule has 0 saturated heterocycles. The smallest absolute Gasteiger partial charge is 0.296 e. The van der Waals surface area contributed by atoms with E-state index in [1.807, 2.05) is 39.1 Å². The second-order valence-corrected chi connectivity index (χ2v) is 8.77. The minimum absolute atomic E-state index is 0.0580. The monoisotopic (exact) mass is 495 g/mol. The third-order valence-electron chi connectivity index (χ3n) is 6.06. The Morgan fingerprint density at radius 1 is 1.25 bits per heavy atom. The average molecular weight is 496 g/mol. The Morgan fingerprint density at radius 2 is 1.92 bits per heavy atom. The first-order valence-electron chi connectivity index (χ1n) is 11.3. The van der Waals surface area contributed by atoms with E-state index in [1.165, 1.54) is 11.7 Å². The van der Waals surface area contributed by atoms with Crippen molar-refractivity contribution in [3.05, 3.63) is 75.2 Å². The van der Waals surface area contributed by atoms with Gasteiger partial charge in [0.05, 0.1) is 37.1 Å². The molecule has 0 bridgehead atoms. The van der Waals surface area contributed by atoms with Crippen molar-refractivity contribution in [2.75, 3.05) is 21.3 Å². The van der Waals surface area contributed by atoms with Crippen LogP contribution in [0.5, 0.6) is 5.75 Å². The Kier molecular flexibility index (Phi) is 9.67. The fraction of sp³-hybridized carbons (Fsp3) is 0.423. The lowest BCUT2D eigenvalue weighted by molar-refractivity contribution is 0.00539. The van der Waals surface area contributed by atoms with Crippen LogP contribution in [0, 0.1) is 11.3 Å². The van der Waals surface area contributed by atoms with Crippen LogP contribution in [-0.4, -0.2) is 57.7 Å². The Balaban J connectivity index is 0.00000222. The van der Waals surface area contributed by atoms with Gasteiger partial charge in [0.25, 0.3) is 5.56 Å². The van der Waals surface area contributed by atoms with E-state index in [9.17, 15) is 14.9 Å². The molecular weight excluding hydrogens is 462 g/mol. The second-order valence-electron chi connectivity index (χ2n) is 8.77. The molecule has 192 valence electrons. The lowest BCUT2D eigenvalue weighted by Gasteiger charge is -2.26. The molecule has 36 heavy (non-hydrogen) atoms. The van der Waals surface area contributed by atoms with Gasteiger partial charge in [-0.1, -0.05) is 25.1 Å². The van der Waals surface area contributed by atoms with Crippen LogP contribution in [0.3, 0.4) is 0 Å². The van der Waals surface area contributed by atoms with Gasteiger partial charge in [0.1, 0.15) is 5.82 Å². The fourth-order valence-electron chi connectivity index (χ4n) is 4.13. The quantitative estimate of drug-likeness (QED) is 0.448. The molecule has 0 fully saturated rings. The lowest BCUT2D eigenvalue weighted by Crippen LogP contribution is -2.29. The first-order chi connectivity index (χ1) is 17.2. The van der Waals surface area contributed by atoms with Gasteiger partial charge in [-0.3, -0.25) is 18.8 Å². The fourth-order valence-corrected chi connectivity index (χ4v) is 4.13. The van der Waals surface area contributed by atoms with Crippen LogP contribution in [-0.2, 0) is 18.3 Å². The summed E-state index contributed by atoms with van der Waals surface area (Å²) in [5.41, 5.74) is 1.21. The number of rotatable bonds is 9. The van der Waals surface area contributed by atoms with E-state index in [2.05, 4.69) is 16.2 Å². The van der Waals surface area contributed by atoms with Crippen molar-refractivity contribution in [1.29, 1.82) is 5.26 Å². The summed E-state index contributed by atoms with van der Waals surface area (Å²) in [7, 11) is 5.57. The molecule has 10 heteroatoms. The topological polar surface area (TPSA) is 132 Å². The van der Waals surface area contributed by atoms with Crippen LogP contribution in [0.25, 0.3) is 0 Å². The van der Waals surface area contributed by atoms with Gasteiger partial charge in [-0.25, -0.2) is 4.98 Å². The average Bonchev–Trinajstić information content (AvgIpc) is 3.33. The highest BCUT2D eigenvalue weighted by molar-refractivity contribution is 5.76. The van der Waals surface area contributed by atoms with Gasteiger partial charge >= 0.3 is 0 Å². The van der Waals surface area contributed by atoms with Crippen LogP contribution in [0.2, 0.25) is 0 Å². The molecule has 0 saturated carbocycles. The minimum atomic E-state index is -0.452. The van der Waals surface area contributed by atoms with Crippen molar-refractivity contribution in [1.82, 2.24) is 19.3 Å². The molecule has 0 amide bonds. The van der Waals surface area contributed by atoms with Crippen molar-refractivity contribution < 1.29 is 19.4 Å². The summed E-state index contributed by atoms with van der Waals surface area (Å²) in [6, 6.07) is 9.58. The number of carbonyl (C=O) groups is 1. The summed E-state index contributed by atoms with van der Waals surface area (Å²) in [5.74, 6) is -0.446. The Hall–Kier alpha value is -3.81. The third-order valence-corrected chi connectivity index (χ3v) is 6.06. The van der Waals surface area contributed by atoms with Gasteiger partial charge in [0, 0.05) is 39.3 Å². The first kappa shape index (κ1) is 28.4. The number of aliphatic hydroxyl groups excluding tert-OH is 1. The molecule has 2 heterocycles. The van der Waals surface area contributed by atoms with Crippen molar-refractivity contribution in [2.45, 2.75) is 44.8 Å². The van der Waals surface area contributed by atoms with Gasteiger partial charge in [-0.15, -0.1) is 0 Å². The standard InChI is InChI=1S/C25H29N5O4.CH4O/c1-16(23-28-20(14-31)22(33-5)24(32)29(23)4)21(19-10-8-7-9-17(19)11-26)18-12-27-30(13-18)15-25(2,3)34-6;1-2/h7-10,12-14,16,21H,15H2,1-6H3;2H,1H3. The van der Waals surface area contributed by atoms with Crippen molar-refractivity contribution in [3.63, 3.8) is 0 Å². The van der Waals surface area contributed by atoms with Crippen molar-refractivity contribution in [3.8, 4) is 11.8 Å². The number of aliphatic hydroxyl groups is 1. The molecule has 1 N–H and O–H groups in total. The second kappa shape index (κ2) is 12.2. The van der Waals surface area contributed by atoms with Crippen LogP contribution < -0.4 is 10.3 Å². The zero-order valence-electron chi connectivity index (χ0n) is 21.7. The maximum absolute atomic E-state index is 12.9. The summed E-state index contributed by atoms with van der Waals surface area (Å²) < 4.78 is 13.8. The Bertz CT molecular complexity index is 1290. The predicted octanol–water partition coefficient (Wildman–Crippen LogP) is 2.64. The molecule has 0 aliphatic heterocycles. The normalized spacial score (nSPS) is 12.6. The van der Waals surface area contributed by atoms with E-state index in [0.717, 1.165) is 18.2 Å². The molecule has 2 unspecified atom stereocenters. The third kappa shape index (κ3) is 5.87. The summed E-state index contributed by atoms with van der Waals surface area (Å²) in [4.78, 5) is 29.0. The van der Waals surface area contributed by atoms with E-state index in [-0.39, 0.29) is 23.3 Å². The molecule has 3 rings (SSSR count). The molecular formula is C26H33N5O5. The van der Waals surface area contributed by atoms with Gasteiger partial charge in [-0.05, 0) is 31.0 Å². The number of nitrogens with zero attached hydrogens (tertiary/aromatic N) is 5. The van der Waals surface area contributed by atoms with Gasteiger partial charge in [0.2, 0.25) is 5.75 Å². The minimum Gasteiger partial charge on any atom is -0.489 e. The SMILES string of the molecule is CO.COc1c(C=O)nc(C(C)C(c2cnn(CC(C)(C)OC)c2)c2ccccc2C#N)n(C)c1=O. The molecule has 3 aromatic rings. The molecule has 2 atom stereocenters. The van der Waals surface area contributed by atoms with Crippen molar-refractivity contribution >= 4 is 6.29 Å². The maximum Gasteiger partial charge on any atom is 0.296 e. The van der Waals surface area contributed by atoms with Crippen molar-refractivity contribution in [2.24, 2.45) is 7.05 Å². The van der Waals surface area contributed by atoms with E-state index < -0.39 is 11.2 Å². The number of aldehydes is 1. The van der Waals surface area contributed by atoms with Crippen LogP contribution in [0.4, 0.5) is 0 Å². The number of aromatic nitrogens is 4. The lowest BCUT2D eigenvalue weighted by atomic mass is 9.80. The largest absolute Gasteiger partial charge is 0.489 e. The number of methoxy groups -OCH3 is 2. The maximum atomic E-state index is 12.9. The first-order valence-corrected chi connectivity index (χ1v) is 11.3. The zero-order chi connectivity index (χ0) is 27.0. The Labute approximate surface area is 210 Å². The summed E-state index contributed by atoms with van der Waals surface area (Å²) >= 11 is 0. The molecule has 0 aliphatic carbocycles. The molecule has 10 nitrogen and oxygen atoms in total. The summed E-state index contributed by atoms with van der Waals surface area (Å²) in [6.45, 7) is 6.38. The highest BCUT2D eigenvalue weighted by Crippen LogP contribution is 2.39. The van der Waals surface area contributed by atoms with Crippen LogP contribution in [0.1, 0.15) is 65.6 Å². The van der Waals surface area contributed by atoms with Gasteiger partial charge < -0.3 is 14.6 Å². The van der Waals surface area contributed by atoms with Gasteiger partial charge in [-0.2, -0.15) is 10.4 Å². The van der Waals surface area contributed by atoms with Crippen LogP contribution >= 0.6 is 0 Å².